The van der Waals surface area contributed by atoms with Gasteiger partial charge in [-0.25, -0.2) is 9.59 Å². The Kier molecular flexibility index (Phi) is 3.36. The fourth-order valence-electron chi connectivity index (χ4n) is 1.75. The third kappa shape index (κ3) is 2.37. The van der Waals surface area contributed by atoms with Crippen LogP contribution in [0.15, 0.2) is 24.3 Å². The van der Waals surface area contributed by atoms with Crippen LogP contribution in [0.2, 0.25) is 0 Å². The van der Waals surface area contributed by atoms with E-state index < -0.39 is 18.2 Å². The van der Waals surface area contributed by atoms with Crippen LogP contribution in [0.25, 0.3) is 0 Å². The molecule has 6 nitrogen and oxygen atoms in total. The molecule has 0 bridgehead atoms. The molecule has 0 spiro atoms. The summed E-state index contributed by atoms with van der Waals surface area (Å²) in [6, 6.07) is 6.90. The molecule has 0 aliphatic carbocycles. The third-order valence-corrected chi connectivity index (χ3v) is 2.74. The lowest BCUT2D eigenvalue weighted by Gasteiger charge is -2.29. The number of anilines is 1. The second kappa shape index (κ2) is 4.95. The summed E-state index contributed by atoms with van der Waals surface area (Å²) < 4.78 is 9.85. The predicted octanol–water partition coefficient (Wildman–Crippen LogP) is 1.50. The molecule has 1 N–H and O–H groups in total. The largest absolute Gasteiger partial charge is 0.497 e. The Labute approximate surface area is 104 Å². The molecule has 0 aromatic heterocycles. The highest BCUT2D eigenvalue weighted by molar-refractivity contribution is 5.90. The summed E-state index contributed by atoms with van der Waals surface area (Å²) in [6.07, 6.45) is -1.42. The van der Waals surface area contributed by atoms with Gasteiger partial charge in [-0.3, -0.25) is 4.90 Å². The molecule has 2 rings (SSSR count). The molecule has 1 aliphatic rings. The number of nitrogens with zero attached hydrogens (tertiary/aromatic N) is 1. The highest BCUT2D eigenvalue weighted by atomic mass is 16.6. The smallest absolute Gasteiger partial charge is 0.415 e. The molecule has 6 heteroatoms. The molecular formula is C12H13NO5. The maximum atomic E-state index is 11.7. The minimum Gasteiger partial charge on any atom is -0.497 e. The van der Waals surface area contributed by atoms with E-state index >= 15 is 0 Å². The molecule has 1 aliphatic heterocycles. The molecule has 1 fully saturated rings. The predicted molar refractivity (Wildman–Crippen MR) is 62.9 cm³/mol. The summed E-state index contributed by atoms with van der Waals surface area (Å²) in [5, 5.41) is 8.77. The maximum absolute atomic E-state index is 11.7. The van der Waals surface area contributed by atoms with E-state index in [1.54, 1.807) is 31.4 Å². The van der Waals surface area contributed by atoms with Gasteiger partial charge in [-0.1, -0.05) is 0 Å². The van der Waals surface area contributed by atoms with Crippen LogP contribution >= 0.6 is 0 Å². The van der Waals surface area contributed by atoms with Gasteiger partial charge in [0.25, 0.3) is 0 Å². The normalized spacial score (nSPS) is 19.3. The molecule has 1 amide bonds. The van der Waals surface area contributed by atoms with Crippen molar-refractivity contribution in [3.8, 4) is 5.75 Å². The van der Waals surface area contributed by atoms with Gasteiger partial charge in [-0.05, 0) is 24.3 Å². The van der Waals surface area contributed by atoms with Gasteiger partial charge in [0.05, 0.1) is 7.11 Å². The molecule has 0 radical (unpaired) electrons. The van der Waals surface area contributed by atoms with Crippen molar-refractivity contribution >= 4 is 17.7 Å². The first-order valence-electron chi connectivity index (χ1n) is 5.47. The second-order valence-corrected chi connectivity index (χ2v) is 3.85. The highest BCUT2D eigenvalue weighted by Crippen LogP contribution is 2.23. The van der Waals surface area contributed by atoms with Gasteiger partial charge in [0.1, 0.15) is 5.75 Å². The summed E-state index contributed by atoms with van der Waals surface area (Å²) in [4.78, 5) is 23.8. The number of cyclic esters (lactones) is 1. The van der Waals surface area contributed by atoms with Crippen molar-refractivity contribution in [3.63, 3.8) is 0 Å². The summed E-state index contributed by atoms with van der Waals surface area (Å²) in [5.41, 5.74) is 0.657. The number of amides is 1. The zero-order valence-corrected chi connectivity index (χ0v) is 9.83. The number of hydrogen-bond acceptors (Lipinski definition) is 4. The van der Waals surface area contributed by atoms with E-state index in [2.05, 4.69) is 0 Å². The fraction of sp³-hybridized carbons (Fsp3) is 0.333. The minimum atomic E-state index is -1.11. The Morgan fingerprint density at radius 2 is 2.11 bits per heavy atom. The van der Waals surface area contributed by atoms with Crippen LogP contribution in [0, 0.1) is 0 Å². The van der Waals surface area contributed by atoms with Gasteiger partial charge in [0, 0.05) is 18.7 Å². The number of benzene rings is 1. The molecule has 1 saturated heterocycles. The van der Waals surface area contributed by atoms with Crippen molar-refractivity contribution in [2.75, 3.05) is 18.6 Å². The van der Waals surface area contributed by atoms with Crippen LogP contribution in [0.5, 0.6) is 5.75 Å². The Hall–Kier alpha value is -2.24. The number of rotatable bonds is 3. The van der Waals surface area contributed by atoms with Crippen molar-refractivity contribution in [1.82, 2.24) is 0 Å². The van der Waals surface area contributed by atoms with E-state index in [-0.39, 0.29) is 6.42 Å². The average Bonchev–Trinajstić information content (AvgIpc) is 2.38. The maximum Gasteiger partial charge on any atom is 0.415 e. The van der Waals surface area contributed by atoms with Gasteiger partial charge < -0.3 is 14.6 Å². The SMILES string of the molecule is COc1ccc(N2CCC(C(=O)O)OC2=O)cc1. The first-order chi connectivity index (χ1) is 8.61. The number of hydrogen-bond donors (Lipinski definition) is 1. The van der Waals surface area contributed by atoms with E-state index in [0.29, 0.717) is 18.0 Å². The molecule has 1 unspecified atom stereocenters. The third-order valence-electron chi connectivity index (χ3n) is 2.74. The Morgan fingerprint density at radius 1 is 1.44 bits per heavy atom. The van der Waals surface area contributed by atoms with Crippen LogP contribution in [0.1, 0.15) is 6.42 Å². The first-order valence-corrected chi connectivity index (χ1v) is 5.47. The zero-order chi connectivity index (χ0) is 13.1. The van der Waals surface area contributed by atoms with Gasteiger partial charge in [-0.15, -0.1) is 0 Å². The van der Waals surface area contributed by atoms with Crippen molar-refractivity contribution in [2.45, 2.75) is 12.5 Å². The summed E-state index contributed by atoms with van der Waals surface area (Å²) in [5.74, 6) is -0.426. The number of ether oxygens (including phenoxy) is 2. The van der Waals surface area contributed by atoms with Crippen molar-refractivity contribution in [1.29, 1.82) is 0 Å². The lowest BCUT2D eigenvalue weighted by molar-refractivity contribution is -0.147. The van der Waals surface area contributed by atoms with Crippen molar-refractivity contribution in [3.05, 3.63) is 24.3 Å². The monoisotopic (exact) mass is 251 g/mol. The van der Waals surface area contributed by atoms with Gasteiger partial charge in [0.15, 0.2) is 0 Å². The van der Waals surface area contributed by atoms with Gasteiger partial charge in [0.2, 0.25) is 6.10 Å². The Balaban J connectivity index is 2.10. The molecule has 1 aromatic carbocycles. The Morgan fingerprint density at radius 3 is 2.61 bits per heavy atom. The van der Waals surface area contributed by atoms with Crippen molar-refractivity contribution in [2.24, 2.45) is 0 Å². The quantitative estimate of drug-likeness (QED) is 0.880. The van der Waals surface area contributed by atoms with Gasteiger partial charge in [-0.2, -0.15) is 0 Å². The number of carbonyl (C=O) groups is 2. The minimum absolute atomic E-state index is 0.271. The lowest BCUT2D eigenvalue weighted by atomic mass is 10.2. The van der Waals surface area contributed by atoms with E-state index in [9.17, 15) is 9.59 Å². The summed E-state index contributed by atoms with van der Waals surface area (Å²) >= 11 is 0. The second-order valence-electron chi connectivity index (χ2n) is 3.85. The van der Waals surface area contributed by atoms with E-state index in [0.717, 1.165) is 0 Å². The summed E-state index contributed by atoms with van der Waals surface area (Å²) in [7, 11) is 1.56. The van der Waals surface area contributed by atoms with E-state index in [1.165, 1.54) is 4.90 Å². The lowest BCUT2D eigenvalue weighted by Crippen LogP contribution is -2.44. The van der Waals surface area contributed by atoms with Crippen LogP contribution < -0.4 is 9.64 Å². The number of methoxy groups -OCH3 is 1. The summed E-state index contributed by atoms with van der Waals surface area (Å²) in [6.45, 7) is 0.322. The fourth-order valence-corrected chi connectivity index (χ4v) is 1.75. The number of carboxylic acid groups (broad SMARTS) is 1. The molecule has 1 aromatic rings. The van der Waals surface area contributed by atoms with E-state index in [1.807, 2.05) is 0 Å². The number of carboxylic acids is 1. The van der Waals surface area contributed by atoms with E-state index in [4.69, 9.17) is 14.6 Å². The number of aliphatic carboxylic acids is 1. The van der Waals surface area contributed by atoms with Crippen molar-refractivity contribution < 1.29 is 24.2 Å². The van der Waals surface area contributed by atoms with Gasteiger partial charge >= 0.3 is 12.1 Å². The van der Waals surface area contributed by atoms with Crippen LogP contribution in [-0.2, 0) is 9.53 Å². The molecule has 18 heavy (non-hydrogen) atoms. The molecule has 1 heterocycles. The molecule has 0 saturated carbocycles. The zero-order valence-electron chi connectivity index (χ0n) is 9.83. The molecule has 96 valence electrons. The standard InChI is InChI=1S/C12H13NO5/c1-17-9-4-2-8(3-5-9)13-7-6-10(11(14)15)18-12(13)16/h2-5,10H,6-7H2,1H3,(H,14,15). The first kappa shape index (κ1) is 12.2. The van der Waals surface area contributed by atoms with Crippen LogP contribution in [0.4, 0.5) is 10.5 Å². The molecule has 1 atom stereocenters. The van der Waals surface area contributed by atoms with Crippen LogP contribution in [-0.4, -0.2) is 36.9 Å². The van der Waals surface area contributed by atoms with Crippen LogP contribution in [0.3, 0.4) is 0 Å². The number of carbonyl (C=O) groups excluding carboxylic acids is 1. The Bertz CT molecular complexity index is 456. The molecular weight excluding hydrogens is 238 g/mol. The topological polar surface area (TPSA) is 76.1 Å². The highest BCUT2D eigenvalue weighted by Gasteiger charge is 2.32. The average molecular weight is 251 g/mol.